The van der Waals surface area contributed by atoms with Gasteiger partial charge in [-0.2, -0.15) is 0 Å². The number of hydrogen-bond acceptors (Lipinski definition) is 1. The first-order chi connectivity index (χ1) is 12.3. The van der Waals surface area contributed by atoms with Gasteiger partial charge in [0.05, 0.1) is 7.11 Å². The maximum atomic E-state index is 5.34. The summed E-state index contributed by atoms with van der Waals surface area (Å²) in [7, 11) is 1.73. The lowest BCUT2D eigenvalue weighted by atomic mass is 9.81. The zero-order valence-corrected chi connectivity index (χ0v) is 14.5. The molecule has 2 aliphatic rings. The van der Waals surface area contributed by atoms with Crippen molar-refractivity contribution in [1.29, 1.82) is 0 Å². The molecule has 0 aliphatic heterocycles. The first kappa shape index (κ1) is 14.8. The minimum atomic E-state index is 0.151. The van der Waals surface area contributed by atoms with Crippen LogP contribution in [0.4, 0.5) is 0 Å². The van der Waals surface area contributed by atoms with Crippen LogP contribution in [0.2, 0.25) is 0 Å². The van der Waals surface area contributed by atoms with Crippen molar-refractivity contribution in [2.24, 2.45) is 0 Å². The Kier molecular flexibility index (Phi) is 3.24. The first-order valence-corrected chi connectivity index (χ1v) is 9.13. The van der Waals surface area contributed by atoms with Crippen molar-refractivity contribution in [1.82, 2.24) is 0 Å². The second-order valence-corrected chi connectivity index (χ2v) is 7.32. The molecular weight excluding hydrogens is 304 g/mol. The summed E-state index contributed by atoms with van der Waals surface area (Å²) in [6.07, 6.45) is 3.49. The number of methoxy groups -OCH3 is 1. The molecule has 0 saturated heterocycles. The maximum absolute atomic E-state index is 5.34. The van der Waals surface area contributed by atoms with Crippen LogP contribution in [0, 0.1) is 0 Å². The van der Waals surface area contributed by atoms with Crippen LogP contribution in [0.3, 0.4) is 0 Å². The lowest BCUT2D eigenvalue weighted by Crippen LogP contribution is -2.14. The Morgan fingerprint density at radius 3 is 1.88 bits per heavy atom. The number of benzene rings is 3. The van der Waals surface area contributed by atoms with Crippen LogP contribution in [0.5, 0.6) is 5.75 Å². The highest BCUT2D eigenvalue weighted by molar-refractivity contribution is 5.59. The van der Waals surface area contributed by atoms with Gasteiger partial charge < -0.3 is 4.74 Å². The molecule has 1 heteroatoms. The predicted octanol–water partition coefficient (Wildman–Crippen LogP) is 5.27. The molecule has 1 nitrogen and oxygen atoms in total. The van der Waals surface area contributed by atoms with Gasteiger partial charge in [-0.1, -0.05) is 60.7 Å². The molecule has 1 saturated carbocycles. The summed E-state index contributed by atoms with van der Waals surface area (Å²) >= 11 is 0. The third-order valence-corrected chi connectivity index (χ3v) is 6.14. The van der Waals surface area contributed by atoms with Gasteiger partial charge in [-0.3, -0.25) is 0 Å². The molecule has 3 aromatic rings. The molecule has 3 aromatic carbocycles. The van der Waals surface area contributed by atoms with E-state index in [2.05, 4.69) is 72.8 Å². The Morgan fingerprint density at radius 2 is 1.32 bits per heavy atom. The molecule has 25 heavy (non-hydrogen) atoms. The van der Waals surface area contributed by atoms with Gasteiger partial charge in [-0.15, -0.1) is 0 Å². The SMILES string of the molecule is COc1ccc(C2CC23c2ccccc2CCc2ccccc23)cc1. The summed E-state index contributed by atoms with van der Waals surface area (Å²) in [5.41, 5.74) is 7.71. The third-order valence-electron chi connectivity index (χ3n) is 6.14. The molecule has 0 aromatic heterocycles. The van der Waals surface area contributed by atoms with Gasteiger partial charge in [0.2, 0.25) is 0 Å². The lowest BCUT2D eigenvalue weighted by Gasteiger charge is -2.22. The molecular formula is C24H22O. The highest BCUT2D eigenvalue weighted by Crippen LogP contribution is 2.66. The number of hydrogen-bond donors (Lipinski definition) is 0. The van der Waals surface area contributed by atoms with Gasteiger partial charge in [0, 0.05) is 5.41 Å². The topological polar surface area (TPSA) is 9.23 Å². The fourth-order valence-electron chi connectivity index (χ4n) is 4.86. The van der Waals surface area contributed by atoms with Crippen LogP contribution >= 0.6 is 0 Å². The average molecular weight is 326 g/mol. The number of aryl methyl sites for hydroxylation is 2. The molecule has 0 radical (unpaired) electrons. The van der Waals surface area contributed by atoms with E-state index in [4.69, 9.17) is 4.74 Å². The molecule has 0 bridgehead atoms. The Bertz CT molecular complexity index is 875. The second-order valence-electron chi connectivity index (χ2n) is 7.32. The van der Waals surface area contributed by atoms with E-state index in [1.165, 1.54) is 23.1 Å². The van der Waals surface area contributed by atoms with Gasteiger partial charge in [-0.05, 0) is 65.1 Å². The quantitative estimate of drug-likeness (QED) is 0.623. The zero-order valence-electron chi connectivity index (χ0n) is 14.5. The zero-order chi connectivity index (χ0) is 16.9. The fourth-order valence-corrected chi connectivity index (χ4v) is 4.86. The highest BCUT2D eigenvalue weighted by atomic mass is 16.5. The lowest BCUT2D eigenvalue weighted by molar-refractivity contribution is 0.414. The van der Waals surface area contributed by atoms with E-state index in [-0.39, 0.29) is 5.41 Å². The van der Waals surface area contributed by atoms with Gasteiger partial charge in [0.25, 0.3) is 0 Å². The van der Waals surface area contributed by atoms with E-state index >= 15 is 0 Å². The van der Waals surface area contributed by atoms with Crippen molar-refractivity contribution in [2.45, 2.75) is 30.6 Å². The largest absolute Gasteiger partial charge is 0.497 e. The van der Waals surface area contributed by atoms with E-state index in [0.717, 1.165) is 18.6 Å². The van der Waals surface area contributed by atoms with Gasteiger partial charge in [0.1, 0.15) is 5.75 Å². The van der Waals surface area contributed by atoms with E-state index in [1.807, 2.05) is 0 Å². The van der Waals surface area contributed by atoms with Crippen molar-refractivity contribution >= 4 is 0 Å². The summed E-state index contributed by atoms with van der Waals surface area (Å²) in [5.74, 6) is 1.49. The molecule has 1 atom stereocenters. The minimum Gasteiger partial charge on any atom is -0.497 e. The van der Waals surface area contributed by atoms with E-state index in [9.17, 15) is 0 Å². The van der Waals surface area contributed by atoms with Crippen LogP contribution in [-0.4, -0.2) is 7.11 Å². The normalized spacial score (nSPS) is 19.6. The van der Waals surface area contributed by atoms with Crippen LogP contribution in [0.25, 0.3) is 0 Å². The van der Waals surface area contributed by atoms with Gasteiger partial charge >= 0.3 is 0 Å². The maximum Gasteiger partial charge on any atom is 0.118 e. The number of fused-ring (bicyclic) bond motifs is 4. The molecule has 0 heterocycles. The van der Waals surface area contributed by atoms with E-state index in [1.54, 1.807) is 18.2 Å². The Balaban J connectivity index is 1.67. The molecule has 1 fully saturated rings. The summed E-state index contributed by atoms with van der Waals surface area (Å²) in [5, 5.41) is 0. The molecule has 0 amide bonds. The highest BCUT2D eigenvalue weighted by Gasteiger charge is 2.58. The summed E-state index contributed by atoms with van der Waals surface area (Å²) in [6.45, 7) is 0. The second kappa shape index (κ2) is 5.49. The smallest absolute Gasteiger partial charge is 0.118 e. The fraction of sp³-hybridized carbons (Fsp3) is 0.250. The standard InChI is InChI=1S/C24H22O/c1-25-20-14-12-19(13-15-20)23-16-24(23)21-8-4-2-6-17(21)10-11-18-7-3-5-9-22(18)24/h2-9,12-15,23H,10-11,16H2,1H3. The summed E-state index contributed by atoms with van der Waals surface area (Å²) in [6, 6.07) is 26.8. The molecule has 124 valence electrons. The van der Waals surface area contributed by atoms with Crippen molar-refractivity contribution < 1.29 is 4.74 Å². The van der Waals surface area contributed by atoms with Gasteiger partial charge in [-0.25, -0.2) is 0 Å². The van der Waals surface area contributed by atoms with Crippen molar-refractivity contribution in [3.05, 3.63) is 101 Å². The molecule has 2 aliphatic carbocycles. The van der Waals surface area contributed by atoms with Crippen LogP contribution < -0.4 is 4.74 Å². The summed E-state index contributed by atoms with van der Waals surface area (Å²) < 4.78 is 5.34. The van der Waals surface area contributed by atoms with Crippen molar-refractivity contribution in [3.8, 4) is 5.75 Å². The Hall–Kier alpha value is -2.54. The van der Waals surface area contributed by atoms with Crippen LogP contribution in [-0.2, 0) is 18.3 Å². The molecule has 1 unspecified atom stereocenters. The average Bonchev–Trinajstić information content (AvgIpc) is 3.45. The van der Waals surface area contributed by atoms with E-state index in [0.29, 0.717) is 5.92 Å². The van der Waals surface area contributed by atoms with Crippen molar-refractivity contribution in [3.63, 3.8) is 0 Å². The Morgan fingerprint density at radius 1 is 0.760 bits per heavy atom. The third kappa shape index (κ3) is 2.15. The minimum absolute atomic E-state index is 0.151. The van der Waals surface area contributed by atoms with E-state index < -0.39 is 0 Å². The predicted molar refractivity (Wildman–Crippen MR) is 101 cm³/mol. The number of rotatable bonds is 2. The molecule has 0 N–H and O–H groups in total. The Labute approximate surface area is 149 Å². The van der Waals surface area contributed by atoms with Crippen LogP contribution in [0.1, 0.15) is 40.2 Å². The molecule has 5 rings (SSSR count). The van der Waals surface area contributed by atoms with Crippen molar-refractivity contribution in [2.75, 3.05) is 7.11 Å². The van der Waals surface area contributed by atoms with Gasteiger partial charge in [0.15, 0.2) is 0 Å². The van der Waals surface area contributed by atoms with Crippen LogP contribution in [0.15, 0.2) is 72.8 Å². The number of ether oxygens (including phenoxy) is 1. The monoisotopic (exact) mass is 326 g/mol. The summed E-state index contributed by atoms with van der Waals surface area (Å²) in [4.78, 5) is 0. The first-order valence-electron chi connectivity index (χ1n) is 9.13. The molecule has 1 spiro atoms.